The predicted molar refractivity (Wildman–Crippen MR) is 117 cm³/mol. The zero-order valence-corrected chi connectivity index (χ0v) is 19.2. The van der Waals surface area contributed by atoms with Gasteiger partial charge < -0.3 is 9.47 Å². The minimum absolute atomic E-state index is 0.184. The summed E-state index contributed by atoms with van der Waals surface area (Å²) in [7, 11) is 0. The van der Waals surface area contributed by atoms with Gasteiger partial charge in [-0.2, -0.15) is 0 Å². The third-order valence-corrected chi connectivity index (χ3v) is 5.88. The second-order valence-corrected chi connectivity index (χ2v) is 9.36. The Morgan fingerprint density at radius 2 is 1.79 bits per heavy atom. The van der Waals surface area contributed by atoms with Crippen LogP contribution in [-0.4, -0.2) is 33.3 Å². The lowest BCUT2D eigenvalue weighted by molar-refractivity contribution is -0.121. The first-order valence-corrected chi connectivity index (χ1v) is 10.5. The molecule has 2 rings (SSSR count). The minimum atomic E-state index is -1.11. The molecule has 0 spiro atoms. The molecule has 5 nitrogen and oxygen atoms in total. The Hall–Kier alpha value is -2.39. The maximum Gasteiger partial charge on any atom is 0.515 e. The Balaban J connectivity index is 2.65. The Morgan fingerprint density at radius 3 is 2.28 bits per heavy atom. The van der Waals surface area contributed by atoms with E-state index in [-0.39, 0.29) is 11.7 Å². The van der Waals surface area contributed by atoms with Crippen LogP contribution in [0.1, 0.15) is 56.9 Å². The fourth-order valence-corrected chi connectivity index (χ4v) is 4.38. The standard InChI is InChI=1S/C23H29NO4S/c1-10-22(6,7)28-21(26)27-19-18(17-15(4)12-14(3)13-16(17)5)20(25)24(29-11-2)23(19,8)9/h1,12-13H,11H2,2-9H3. The summed E-state index contributed by atoms with van der Waals surface area (Å²) >= 11 is 1.39. The molecule has 1 aliphatic rings. The fourth-order valence-electron chi connectivity index (χ4n) is 3.51. The molecule has 0 unspecified atom stereocenters. The van der Waals surface area contributed by atoms with Crippen LogP contribution in [0.5, 0.6) is 0 Å². The molecule has 1 amide bonds. The molecule has 29 heavy (non-hydrogen) atoms. The number of carbonyl (C=O) groups is 2. The number of aryl methyl sites for hydroxylation is 3. The van der Waals surface area contributed by atoms with E-state index in [2.05, 4.69) is 5.92 Å². The van der Waals surface area contributed by atoms with Crippen LogP contribution in [0.15, 0.2) is 17.9 Å². The van der Waals surface area contributed by atoms with E-state index in [1.165, 1.54) is 11.9 Å². The van der Waals surface area contributed by atoms with Crippen LogP contribution in [-0.2, 0) is 14.3 Å². The second kappa shape index (κ2) is 8.16. The highest BCUT2D eigenvalue weighted by Crippen LogP contribution is 2.46. The Kier molecular flexibility index (Phi) is 6.44. The third-order valence-electron chi connectivity index (χ3n) is 4.75. The molecule has 0 N–H and O–H groups in total. The number of ether oxygens (including phenoxy) is 2. The van der Waals surface area contributed by atoms with Crippen molar-refractivity contribution in [3.63, 3.8) is 0 Å². The Bertz CT molecular complexity index is 898. The summed E-state index contributed by atoms with van der Waals surface area (Å²) in [5.41, 5.74) is 2.22. The van der Waals surface area contributed by atoms with Gasteiger partial charge >= 0.3 is 6.16 Å². The predicted octanol–water partition coefficient (Wildman–Crippen LogP) is 5.18. The number of carbonyl (C=O) groups excluding carboxylic acids is 2. The fraction of sp³-hybridized carbons (Fsp3) is 0.478. The van der Waals surface area contributed by atoms with Gasteiger partial charge in [0.25, 0.3) is 5.91 Å². The number of nitrogens with zero attached hydrogens (tertiary/aromatic N) is 1. The molecular weight excluding hydrogens is 386 g/mol. The quantitative estimate of drug-likeness (QED) is 0.377. The van der Waals surface area contributed by atoms with Crippen molar-refractivity contribution in [2.75, 3.05) is 5.75 Å². The number of amides is 1. The van der Waals surface area contributed by atoms with Crippen LogP contribution in [0, 0.1) is 33.1 Å². The van der Waals surface area contributed by atoms with Crippen molar-refractivity contribution in [2.45, 2.75) is 66.5 Å². The van der Waals surface area contributed by atoms with E-state index >= 15 is 0 Å². The molecule has 0 bridgehead atoms. The topological polar surface area (TPSA) is 55.8 Å². The first kappa shape index (κ1) is 22.9. The number of hydrogen-bond donors (Lipinski definition) is 0. The van der Waals surface area contributed by atoms with Crippen LogP contribution < -0.4 is 0 Å². The molecule has 0 saturated heterocycles. The summed E-state index contributed by atoms with van der Waals surface area (Å²) in [6.07, 6.45) is 4.49. The van der Waals surface area contributed by atoms with E-state index < -0.39 is 17.3 Å². The van der Waals surface area contributed by atoms with Crippen LogP contribution in [0.25, 0.3) is 5.57 Å². The van der Waals surface area contributed by atoms with Gasteiger partial charge in [-0.15, -0.1) is 6.42 Å². The molecular formula is C23H29NO4S. The van der Waals surface area contributed by atoms with Gasteiger partial charge in [-0.25, -0.2) is 4.79 Å². The molecule has 0 saturated carbocycles. The highest BCUT2D eigenvalue weighted by molar-refractivity contribution is 7.97. The number of hydrogen-bond acceptors (Lipinski definition) is 5. The van der Waals surface area contributed by atoms with E-state index in [1.807, 2.05) is 53.7 Å². The van der Waals surface area contributed by atoms with Gasteiger partial charge in [0, 0.05) is 5.75 Å². The van der Waals surface area contributed by atoms with E-state index in [0.29, 0.717) is 11.3 Å². The van der Waals surface area contributed by atoms with E-state index in [9.17, 15) is 9.59 Å². The first-order valence-electron chi connectivity index (χ1n) is 9.54. The molecule has 1 aliphatic heterocycles. The van der Waals surface area contributed by atoms with Gasteiger partial charge in [0.2, 0.25) is 0 Å². The summed E-state index contributed by atoms with van der Waals surface area (Å²) < 4.78 is 12.6. The summed E-state index contributed by atoms with van der Waals surface area (Å²) in [6.45, 7) is 14.8. The molecule has 156 valence electrons. The van der Waals surface area contributed by atoms with Crippen LogP contribution in [0.4, 0.5) is 4.79 Å². The van der Waals surface area contributed by atoms with E-state index in [0.717, 1.165) is 22.3 Å². The average Bonchev–Trinajstić information content (AvgIpc) is 2.75. The monoisotopic (exact) mass is 415 g/mol. The van der Waals surface area contributed by atoms with Crippen LogP contribution in [0.2, 0.25) is 0 Å². The molecule has 0 aromatic heterocycles. The van der Waals surface area contributed by atoms with Gasteiger partial charge in [-0.3, -0.25) is 9.10 Å². The van der Waals surface area contributed by atoms with Crippen molar-refractivity contribution < 1.29 is 19.1 Å². The highest BCUT2D eigenvalue weighted by Gasteiger charge is 2.49. The molecule has 1 aromatic carbocycles. The van der Waals surface area contributed by atoms with Crippen LogP contribution in [0.3, 0.4) is 0 Å². The van der Waals surface area contributed by atoms with E-state index in [1.54, 1.807) is 18.2 Å². The van der Waals surface area contributed by atoms with Gasteiger partial charge in [0.1, 0.15) is 5.54 Å². The summed E-state index contributed by atoms with van der Waals surface area (Å²) in [5, 5.41) is 0. The van der Waals surface area contributed by atoms with Crippen LogP contribution >= 0.6 is 11.9 Å². The lowest BCUT2D eigenvalue weighted by Gasteiger charge is -2.31. The van der Waals surface area contributed by atoms with Crippen molar-refractivity contribution in [3.8, 4) is 12.3 Å². The summed E-state index contributed by atoms with van der Waals surface area (Å²) in [4.78, 5) is 25.9. The number of terminal acetylenes is 1. The maximum absolute atomic E-state index is 13.4. The van der Waals surface area contributed by atoms with Crippen molar-refractivity contribution in [2.24, 2.45) is 0 Å². The van der Waals surface area contributed by atoms with Gasteiger partial charge in [0.15, 0.2) is 11.4 Å². The third kappa shape index (κ3) is 4.45. The zero-order valence-electron chi connectivity index (χ0n) is 18.4. The minimum Gasteiger partial charge on any atom is -0.415 e. The smallest absolute Gasteiger partial charge is 0.415 e. The number of rotatable bonds is 5. The largest absolute Gasteiger partial charge is 0.515 e. The Labute approximate surface area is 178 Å². The summed E-state index contributed by atoms with van der Waals surface area (Å²) in [5.74, 6) is 3.20. The Morgan fingerprint density at radius 1 is 1.24 bits per heavy atom. The molecule has 0 atom stereocenters. The lowest BCUT2D eigenvalue weighted by Crippen LogP contribution is -2.40. The van der Waals surface area contributed by atoms with Crippen molar-refractivity contribution in [1.82, 2.24) is 4.31 Å². The highest BCUT2D eigenvalue weighted by atomic mass is 32.2. The summed E-state index contributed by atoms with van der Waals surface area (Å²) in [6, 6.07) is 4.03. The van der Waals surface area contributed by atoms with Gasteiger partial charge in [0.05, 0.1) is 5.57 Å². The van der Waals surface area contributed by atoms with Gasteiger partial charge in [-0.1, -0.05) is 30.5 Å². The van der Waals surface area contributed by atoms with Crippen molar-refractivity contribution in [1.29, 1.82) is 0 Å². The molecule has 1 aromatic rings. The molecule has 0 fully saturated rings. The normalized spacial score (nSPS) is 16.1. The van der Waals surface area contributed by atoms with Crippen molar-refractivity contribution >= 4 is 29.6 Å². The molecule has 1 heterocycles. The first-order chi connectivity index (χ1) is 13.4. The number of benzene rings is 1. The average molecular weight is 416 g/mol. The zero-order chi connectivity index (χ0) is 22.1. The molecule has 0 radical (unpaired) electrons. The molecule has 0 aliphatic carbocycles. The SMILES string of the molecule is C#CC(C)(C)OC(=O)OC1=C(c2c(C)cc(C)cc2C)C(=O)N(SCC)C1(C)C. The van der Waals surface area contributed by atoms with Crippen molar-refractivity contribution in [3.05, 3.63) is 40.1 Å². The molecule has 6 heteroatoms. The maximum atomic E-state index is 13.4. The van der Waals surface area contributed by atoms with E-state index in [4.69, 9.17) is 15.9 Å². The van der Waals surface area contributed by atoms with Gasteiger partial charge in [-0.05, 0) is 77.1 Å². The second-order valence-electron chi connectivity index (χ2n) is 8.16. The lowest BCUT2D eigenvalue weighted by atomic mass is 9.91.